The van der Waals surface area contributed by atoms with Crippen molar-refractivity contribution in [2.75, 3.05) is 40.1 Å². The number of alkyl carbamates (subject to hydrolysis) is 1. The first-order valence-corrected chi connectivity index (χ1v) is 7.97. The summed E-state index contributed by atoms with van der Waals surface area (Å²) in [6.07, 6.45) is -5.86. The summed E-state index contributed by atoms with van der Waals surface area (Å²) < 4.78 is 56.9. The summed E-state index contributed by atoms with van der Waals surface area (Å²) in [7, 11) is 1.56. The highest BCUT2D eigenvalue weighted by atomic mass is 19.4. The number of amides is 1. The average Bonchev–Trinajstić information content (AvgIpc) is 2.56. The Morgan fingerprint density at radius 2 is 1.68 bits per heavy atom. The van der Waals surface area contributed by atoms with Gasteiger partial charge < -0.3 is 24.3 Å². The molecule has 1 amide bonds. The number of ketones is 1. The second-order valence-electron chi connectivity index (χ2n) is 5.14. The summed E-state index contributed by atoms with van der Waals surface area (Å²) in [6, 6.07) is 0. The fraction of sp³-hybridized carbons (Fsp3) is 0.867. The molecule has 7 nitrogen and oxygen atoms in total. The van der Waals surface area contributed by atoms with Crippen LogP contribution < -0.4 is 5.32 Å². The van der Waals surface area contributed by atoms with Gasteiger partial charge in [0.15, 0.2) is 0 Å². The molecule has 0 radical (unpaired) electrons. The lowest BCUT2D eigenvalue weighted by atomic mass is 10.2. The molecule has 0 saturated heterocycles. The van der Waals surface area contributed by atoms with Gasteiger partial charge in [-0.25, -0.2) is 4.79 Å². The first-order valence-electron chi connectivity index (χ1n) is 7.97. The van der Waals surface area contributed by atoms with Crippen LogP contribution in [0.5, 0.6) is 0 Å². The van der Waals surface area contributed by atoms with E-state index in [1.807, 2.05) is 6.92 Å². The number of rotatable bonds is 13. The predicted octanol–water partition coefficient (Wildman–Crippen LogP) is 2.08. The molecule has 0 aromatic rings. The quantitative estimate of drug-likeness (QED) is 0.498. The molecular formula is C15H26F3NO6. The van der Waals surface area contributed by atoms with E-state index >= 15 is 0 Å². The molecule has 2 unspecified atom stereocenters. The van der Waals surface area contributed by atoms with Crippen molar-refractivity contribution < 1.29 is 41.7 Å². The Balaban J connectivity index is 4.14. The fourth-order valence-corrected chi connectivity index (χ4v) is 1.57. The Hall–Kier alpha value is -1.39. The molecule has 25 heavy (non-hydrogen) atoms. The maximum absolute atomic E-state index is 12.0. The summed E-state index contributed by atoms with van der Waals surface area (Å²) >= 11 is 0. The van der Waals surface area contributed by atoms with E-state index in [9.17, 15) is 22.8 Å². The van der Waals surface area contributed by atoms with Gasteiger partial charge in [-0.05, 0) is 12.8 Å². The number of carbonyl (C=O) groups excluding carboxylic acids is 2. The topological polar surface area (TPSA) is 83.1 Å². The van der Waals surface area contributed by atoms with E-state index in [2.05, 4.69) is 0 Å². The molecule has 0 aliphatic rings. The lowest BCUT2D eigenvalue weighted by Crippen LogP contribution is -2.39. The molecule has 0 rings (SSSR count). The minimum atomic E-state index is -4.99. The number of Topliss-reactive ketones (excluding diaryl/α,β-unsaturated/α-hetero) is 1. The van der Waals surface area contributed by atoms with Gasteiger partial charge in [-0.3, -0.25) is 4.79 Å². The van der Waals surface area contributed by atoms with Crippen LogP contribution in [0.1, 0.15) is 26.7 Å². The molecule has 0 heterocycles. The zero-order valence-corrected chi connectivity index (χ0v) is 14.7. The average molecular weight is 373 g/mol. The zero-order valence-electron chi connectivity index (χ0n) is 14.7. The lowest BCUT2D eigenvalue weighted by molar-refractivity contribution is -0.169. The Morgan fingerprint density at radius 1 is 1.04 bits per heavy atom. The van der Waals surface area contributed by atoms with Gasteiger partial charge in [0, 0.05) is 7.11 Å². The summed E-state index contributed by atoms with van der Waals surface area (Å²) in [4.78, 5) is 22.1. The van der Waals surface area contributed by atoms with Gasteiger partial charge in [0.25, 0.3) is 5.78 Å². The van der Waals surface area contributed by atoms with E-state index < -0.39 is 30.7 Å². The summed E-state index contributed by atoms with van der Waals surface area (Å²) in [6.45, 7) is 3.80. The summed E-state index contributed by atoms with van der Waals surface area (Å²) in [5, 5.41) is 1.78. The number of nitrogens with one attached hydrogen (secondary N) is 1. The monoisotopic (exact) mass is 373 g/mol. The van der Waals surface area contributed by atoms with E-state index in [1.54, 1.807) is 19.4 Å². The van der Waals surface area contributed by atoms with E-state index in [0.29, 0.717) is 32.7 Å². The Morgan fingerprint density at radius 3 is 2.20 bits per heavy atom. The molecule has 10 heteroatoms. The number of hydrogen-bond donors (Lipinski definition) is 1. The highest BCUT2D eigenvalue weighted by Gasteiger charge is 2.38. The normalized spacial score (nSPS) is 14.0. The van der Waals surface area contributed by atoms with Crippen LogP contribution in [0.3, 0.4) is 0 Å². The molecule has 0 bridgehead atoms. The maximum Gasteiger partial charge on any atom is 0.451 e. The van der Waals surface area contributed by atoms with Crippen LogP contribution in [0.4, 0.5) is 18.0 Å². The van der Waals surface area contributed by atoms with Crippen molar-refractivity contribution in [3.8, 4) is 0 Å². The first kappa shape index (κ1) is 23.6. The van der Waals surface area contributed by atoms with Crippen molar-refractivity contribution in [3.05, 3.63) is 0 Å². The first-order chi connectivity index (χ1) is 11.7. The molecule has 0 aliphatic carbocycles. The van der Waals surface area contributed by atoms with Crippen molar-refractivity contribution in [2.45, 2.75) is 45.1 Å². The lowest BCUT2D eigenvalue weighted by Gasteiger charge is -2.21. The molecule has 0 aromatic carbocycles. The van der Waals surface area contributed by atoms with Crippen LogP contribution in [0.15, 0.2) is 0 Å². The third kappa shape index (κ3) is 11.7. The number of alkyl halides is 3. The third-order valence-corrected chi connectivity index (χ3v) is 3.15. The molecular weight excluding hydrogens is 347 g/mol. The van der Waals surface area contributed by atoms with Gasteiger partial charge in [-0.1, -0.05) is 13.8 Å². The Bertz CT molecular complexity index is 392. The Kier molecular flexibility index (Phi) is 12.2. The maximum atomic E-state index is 12.0. The molecule has 0 aliphatic heterocycles. The SMILES string of the molecule is CCC(COCCOC)OCC(CC)OC(=O)NCC(=O)C(F)(F)F. The van der Waals surface area contributed by atoms with Crippen molar-refractivity contribution in [1.82, 2.24) is 5.32 Å². The standard InChI is InChI=1S/C15H26F3NO6/c1-4-11(9-23-7-6-22-3)24-10-12(5-2)25-14(21)19-8-13(20)15(16,17)18/h11-12H,4-10H2,1-3H3,(H,19,21). The summed E-state index contributed by atoms with van der Waals surface area (Å²) in [5.41, 5.74) is 0. The highest BCUT2D eigenvalue weighted by molar-refractivity contribution is 5.88. The largest absolute Gasteiger partial charge is 0.451 e. The van der Waals surface area contributed by atoms with E-state index in [4.69, 9.17) is 18.9 Å². The molecule has 0 saturated carbocycles. The van der Waals surface area contributed by atoms with E-state index in [-0.39, 0.29) is 12.7 Å². The van der Waals surface area contributed by atoms with E-state index in [0.717, 1.165) is 0 Å². The van der Waals surface area contributed by atoms with Gasteiger partial charge in [0.2, 0.25) is 0 Å². The number of methoxy groups -OCH3 is 1. The van der Waals surface area contributed by atoms with Crippen LogP contribution >= 0.6 is 0 Å². The van der Waals surface area contributed by atoms with Crippen LogP contribution in [0.25, 0.3) is 0 Å². The minimum absolute atomic E-state index is 0.0727. The highest BCUT2D eigenvalue weighted by Crippen LogP contribution is 2.15. The van der Waals surface area contributed by atoms with Gasteiger partial charge in [0.1, 0.15) is 6.10 Å². The molecule has 0 spiro atoms. The Labute approximate surface area is 145 Å². The number of halogens is 3. The van der Waals surface area contributed by atoms with Gasteiger partial charge in [-0.2, -0.15) is 13.2 Å². The molecule has 1 N–H and O–H groups in total. The number of carbonyl (C=O) groups is 2. The second kappa shape index (κ2) is 12.9. The molecule has 148 valence electrons. The zero-order chi connectivity index (χ0) is 19.3. The fourth-order valence-electron chi connectivity index (χ4n) is 1.57. The predicted molar refractivity (Wildman–Crippen MR) is 82.4 cm³/mol. The molecule has 0 fully saturated rings. The number of ether oxygens (including phenoxy) is 4. The number of hydrogen-bond acceptors (Lipinski definition) is 6. The third-order valence-electron chi connectivity index (χ3n) is 3.15. The second-order valence-corrected chi connectivity index (χ2v) is 5.14. The van der Waals surface area contributed by atoms with Crippen LogP contribution in [0.2, 0.25) is 0 Å². The molecule has 0 aromatic heterocycles. The minimum Gasteiger partial charge on any atom is -0.444 e. The van der Waals surface area contributed by atoms with Crippen LogP contribution in [-0.2, 0) is 23.7 Å². The van der Waals surface area contributed by atoms with Crippen molar-refractivity contribution in [2.24, 2.45) is 0 Å². The van der Waals surface area contributed by atoms with Crippen LogP contribution in [0, 0.1) is 0 Å². The van der Waals surface area contributed by atoms with Crippen molar-refractivity contribution in [3.63, 3.8) is 0 Å². The van der Waals surface area contributed by atoms with E-state index in [1.165, 1.54) is 0 Å². The smallest absolute Gasteiger partial charge is 0.444 e. The van der Waals surface area contributed by atoms with Crippen LogP contribution in [-0.4, -0.2) is 70.3 Å². The van der Waals surface area contributed by atoms with Gasteiger partial charge in [0.05, 0.1) is 39.1 Å². The molecule has 2 atom stereocenters. The van der Waals surface area contributed by atoms with Crippen molar-refractivity contribution in [1.29, 1.82) is 0 Å². The van der Waals surface area contributed by atoms with Gasteiger partial charge in [-0.15, -0.1) is 0 Å². The van der Waals surface area contributed by atoms with Crippen molar-refractivity contribution >= 4 is 11.9 Å². The summed E-state index contributed by atoms with van der Waals surface area (Å²) in [5.74, 6) is -2.05. The van der Waals surface area contributed by atoms with Gasteiger partial charge >= 0.3 is 12.3 Å².